The Hall–Kier alpha value is -3.16. The minimum Gasteiger partial charge on any atom is -0.462 e. The summed E-state index contributed by atoms with van der Waals surface area (Å²) >= 11 is 0. The van der Waals surface area contributed by atoms with Crippen LogP contribution in [0.1, 0.15) is 30.1 Å². The van der Waals surface area contributed by atoms with Crippen LogP contribution >= 0.6 is 0 Å². The highest BCUT2D eigenvalue weighted by Crippen LogP contribution is 2.14. The molecule has 8 nitrogen and oxygen atoms in total. The third-order valence-corrected chi connectivity index (χ3v) is 4.50. The van der Waals surface area contributed by atoms with Crippen LogP contribution in [0.25, 0.3) is 0 Å². The van der Waals surface area contributed by atoms with Crippen LogP contribution in [-0.4, -0.2) is 59.7 Å². The highest BCUT2D eigenvalue weighted by Gasteiger charge is 2.22. The van der Waals surface area contributed by atoms with Gasteiger partial charge in [-0.15, -0.1) is 0 Å². The number of nitrogens with one attached hydrogen (secondary N) is 1. The van der Waals surface area contributed by atoms with Gasteiger partial charge in [0.1, 0.15) is 0 Å². The molecule has 8 heteroatoms. The molecule has 3 rings (SSSR count). The van der Waals surface area contributed by atoms with Crippen molar-refractivity contribution in [1.29, 1.82) is 0 Å². The van der Waals surface area contributed by atoms with E-state index in [-0.39, 0.29) is 12.0 Å². The molecule has 1 aromatic heterocycles. The molecule has 2 aromatic rings. The highest BCUT2D eigenvalue weighted by molar-refractivity contribution is 5.92. The van der Waals surface area contributed by atoms with E-state index in [1.54, 1.807) is 47.6 Å². The van der Waals surface area contributed by atoms with Gasteiger partial charge in [-0.25, -0.2) is 19.6 Å². The van der Waals surface area contributed by atoms with Crippen LogP contribution in [-0.2, 0) is 4.74 Å². The summed E-state index contributed by atoms with van der Waals surface area (Å²) in [5.74, 6) is 0.342. The lowest BCUT2D eigenvalue weighted by Crippen LogP contribution is -2.50. The second-order valence-corrected chi connectivity index (χ2v) is 6.52. The Morgan fingerprint density at radius 1 is 1.07 bits per heavy atom. The summed E-state index contributed by atoms with van der Waals surface area (Å²) in [4.78, 5) is 36.7. The van der Waals surface area contributed by atoms with Crippen molar-refractivity contribution in [2.45, 2.75) is 19.8 Å². The van der Waals surface area contributed by atoms with E-state index in [0.717, 1.165) is 12.8 Å². The van der Waals surface area contributed by atoms with E-state index in [4.69, 9.17) is 4.74 Å². The van der Waals surface area contributed by atoms with Crippen LogP contribution in [0.2, 0.25) is 0 Å². The molecule has 0 saturated carbocycles. The summed E-state index contributed by atoms with van der Waals surface area (Å²) in [6.45, 7) is 5.01. The van der Waals surface area contributed by atoms with Gasteiger partial charge in [-0.1, -0.05) is 13.3 Å². The van der Waals surface area contributed by atoms with Gasteiger partial charge in [-0.3, -0.25) is 0 Å². The van der Waals surface area contributed by atoms with Crippen molar-refractivity contribution in [3.63, 3.8) is 0 Å². The molecular formula is C20H25N5O3. The number of aromatic nitrogens is 2. The molecule has 0 aliphatic carbocycles. The zero-order chi connectivity index (χ0) is 19.8. The molecule has 0 bridgehead atoms. The maximum Gasteiger partial charge on any atom is 0.338 e. The molecular weight excluding hydrogens is 358 g/mol. The average Bonchev–Trinajstić information content (AvgIpc) is 2.75. The molecule has 28 heavy (non-hydrogen) atoms. The van der Waals surface area contributed by atoms with Crippen molar-refractivity contribution in [3.05, 3.63) is 48.3 Å². The molecule has 1 fully saturated rings. The minimum absolute atomic E-state index is 0.160. The Morgan fingerprint density at radius 2 is 1.75 bits per heavy atom. The van der Waals surface area contributed by atoms with Gasteiger partial charge in [0.2, 0.25) is 5.95 Å². The summed E-state index contributed by atoms with van der Waals surface area (Å²) in [5.41, 5.74) is 1.12. The topological polar surface area (TPSA) is 87.7 Å². The summed E-state index contributed by atoms with van der Waals surface area (Å²) in [7, 11) is 0. The molecule has 0 radical (unpaired) electrons. The Balaban J connectivity index is 1.48. The molecule has 0 unspecified atom stereocenters. The van der Waals surface area contributed by atoms with Crippen LogP contribution in [0, 0.1) is 0 Å². The third-order valence-electron chi connectivity index (χ3n) is 4.50. The van der Waals surface area contributed by atoms with Crippen LogP contribution in [0.3, 0.4) is 0 Å². The second-order valence-electron chi connectivity index (χ2n) is 6.52. The molecule has 1 N–H and O–H groups in total. The number of ether oxygens (including phenoxy) is 1. The predicted molar refractivity (Wildman–Crippen MR) is 106 cm³/mol. The zero-order valence-electron chi connectivity index (χ0n) is 16.0. The van der Waals surface area contributed by atoms with E-state index in [2.05, 4.69) is 20.2 Å². The van der Waals surface area contributed by atoms with Crippen LogP contribution in [0.5, 0.6) is 0 Å². The first-order valence-electron chi connectivity index (χ1n) is 9.52. The van der Waals surface area contributed by atoms with Gasteiger partial charge >= 0.3 is 12.0 Å². The molecule has 2 amide bonds. The lowest BCUT2D eigenvalue weighted by atomic mass is 10.2. The van der Waals surface area contributed by atoms with Crippen molar-refractivity contribution in [2.24, 2.45) is 0 Å². The number of hydrogen-bond acceptors (Lipinski definition) is 6. The second kappa shape index (κ2) is 9.68. The van der Waals surface area contributed by atoms with Crippen LogP contribution < -0.4 is 10.2 Å². The fourth-order valence-corrected chi connectivity index (χ4v) is 2.85. The van der Waals surface area contributed by atoms with E-state index >= 15 is 0 Å². The van der Waals surface area contributed by atoms with Gasteiger partial charge in [0.15, 0.2) is 0 Å². The highest BCUT2D eigenvalue weighted by atomic mass is 16.5. The number of anilines is 2. The first-order valence-corrected chi connectivity index (χ1v) is 9.52. The number of piperazine rings is 1. The van der Waals surface area contributed by atoms with Crippen LogP contribution in [0.4, 0.5) is 16.4 Å². The van der Waals surface area contributed by atoms with Gasteiger partial charge < -0.3 is 19.9 Å². The number of rotatable bonds is 6. The van der Waals surface area contributed by atoms with Crippen molar-refractivity contribution in [1.82, 2.24) is 14.9 Å². The number of urea groups is 1. The maximum absolute atomic E-state index is 12.5. The summed E-state index contributed by atoms with van der Waals surface area (Å²) in [6, 6.07) is 8.36. The molecule has 0 spiro atoms. The van der Waals surface area contributed by atoms with Gasteiger partial charge in [-0.05, 0) is 36.8 Å². The standard InChI is InChI=1S/C20H25N5O3/c1-2-3-15-28-18(26)16-5-7-17(8-6-16)23-20(27)25-13-11-24(12-14-25)19-21-9-4-10-22-19/h4-10H,2-3,11-15H2,1H3,(H,23,27). The Kier molecular flexibility index (Phi) is 6.78. The monoisotopic (exact) mass is 383 g/mol. The number of hydrogen-bond donors (Lipinski definition) is 1. The molecule has 2 heterocycles. The van der Waals surface area contributed by atoms with Gasteiger partial charge in [-0.2, -0.15) is 0 Å². The fraction of sp³-hybridized carbons (Fsp3) is 0.400. The molecule has 1 saturated heterocycles. The van der Waals surface area contributed by atoms with E-state index in [0.29, 0.717) is 50.0 Å². The SMILES string of the molecule is CCCCOC(=O)c1ccc(NC(=O)N2CCN(c3ncccn3)CC2)cc1. The normalized spacial score (nSPS) is 13.9. The van der Waals surface area contributed by atoms with Crippen LogP contribution in [0.15, 0.2) is 42.7 Å². The quantitative estimate of drug-likeness (QED) is 0.610. The summed E-state index contributed by atoms with van der Waals surface area (Å²) in [6.07, 6.45) is 5.25. The smallest absolute Gasteiger partial charge is 0.338 e. The molecule has 1 aliphatic rings. The Morgan fingerprint density at radius 3 is 2.39 bits per heavy atom. The number of carbonyl (C=O) groups is 2. The first-order chi connectivity index (χ1) is 13.7. The van der Waals surface area contributed by atoms with E-state index in [1.165, 1.54) is 0 Å². The van der Waals surface area contributed by atoms with Crippen molar-refractivity contribution < 1.29 is 14.3 Å². The zero-order valence-corrected chi connectivity index (χ0v) is 16.0. The first kappa shape index (κ1) is 19.6. The van der Waals surface area contributed by atoms with E-state index in [9.17, 15) is 9.59 Å². The number of unbranched alkanes of at least 4 members (excludes halogenated alkanes) is 1. The lowest BCUT2D eigenvalue weighted by molar-refractivity contribution is 0.0500. The largest absolute Gasteiger partial charge is 0.462 e. The maximum atomic E-state index is 12.5. The minimum atomic E-state index is -0.342. The average molecular weight is 383 g/mol. The third kappa shape index (κ3) is 5.18. The number of amides is 2. The van der Waals surface area contributed by atoms with Crippen molar-refractivity contribution in [2.75, 3.05) is 43.0 Å². The number of nitrogens with zero attached hydrogens (tertiary/aromatic N) is 4. The Labute approximate surface area is 164 Å². The van der Waals surface area contributed by atoms with Gasteiger partial charge in [0, 0.05) is 44.3 Å². The Bertz CT molecular complexity index is 774. The van der Waals surface area contributed by atoms with Gasteiger partial charge in [0.05, 0.1) is 12.2 Å². The lowest BCUT2D eigenvalue weighted by Gasteiger charge is -2.34. The summed E-state index contributed by atoms with van der Waals surface area (Å²) < 4.78 is 5.18. The van der Waals surface area contributed by atoms with Crippen molar-refractivity contribution in [3.8, 4) is 0 Å². The molecule has 1 aliphatic heterocycles. The predicted octanol–water partition coefficient (Wildman–Crippen LogP) is 2.79. The van der Waals surface area contributed by atoms with Crippen molar-refractivity contribution >= 4 is 23.6 Å². The fourth-order valence-electron chi connectivity index (χ4n) is 2.85. The molecule has 0 atom stereocenters. The number of esters is 1. The van der Waals surface area contributed by atoms with E-state index in [1.807, 2.05) is 6.92 Å². The summed E-state index contributed by atoms with van der Waals surface area (Å²) in [5, 5.41) is 2.87. The number of carbonyl (C=O) groups excluding carboxylic acids is 2. The molecule has 148 valence electrons. The van der Waals surface area contributed by atoms with Gasteiger partial charge in [0.25, 0.3) is 0 Å². The molecule has 1 aromatic carbocycles. The number of benzene rings is 1. The van der Waals surface area contributed by atoms with E-state index < -0.39 is 0 Å².